The zero-order valence-corrected chi connectivity index (χ0v) is 20.9. The van der Waals surface area contributed by atoms with Gasteiger partial charge in [-0.2, -0.15) is 0 Å². The number of hydrogen-bond acceptors (Lipinski definition) is 2. The molecule has 0 unspecified atom stereocenters. The lowest BCUT2D eigenvalue weighted by Crippen LogP contribution is -2.08. The summed E-state index contributed by atoms with van der Waals surface area (Å²) in [7, 11) is 0. The van der Waals surface area contributed by atoms with Crippen LogP contribution in [-0.2, 0) is 0 Å². The summed E-state index contributed by atoms with van der Waals surface area (Å²) in [4.78, 5) is 12.1. The van der Waals surface area contributed by atoms with Crippen molar-refractivity contribution < 1.29 is 4.79 Å². The van der Waals surface area contributed by atoms with Crippen molar-refractivity contribution in [2.45, 2.75) is 124 Å². The number of carbonyl (C=O) groups is 1. The molecule has 0 atom stereocenters. The monoisotopic (exact) mass is 433 g/mol. The maximum absolute atomic E-state index is 12.1. The second-order valence-corrected chi connectivity index (χ2v) is 9.90. The van der Waals surface area contributed by atoms with Crippen LogP contribution in [0.5, 0.6) is 0 Å². The number of benzene rings is 1. The highest BCUT2D eigenvalue weighted by atomic mass is 32.2. The first-order chi connectivity index (χ1) is 14.6. The minimum atomic E-state index is 0.0772. The number of thioether (sulfide) groups is 1. The number of amides is 1. The van der Waals surface area contributed by atoms with Gasteiger partial charge in [-0.05, 0) is 31.4 Å². The van der Waals surface area contributed by atoms with Gasteiger partial charge < -0.3 is 5.32 Å². The van der Waals surface area contributed by atoms with Crippen molar-refractivity contribution in [3.05, 3.63) is 29.3 Å². The van der Waals surface area contributed by atoms with Crippen LogP contribution in [0.2, 0.25) is 0 Å². The lowest BCUT2D eigenvalue weighted by atomic mass is 10.0. The Bertz CT molecular complexity index is 538. The first kappa shape index (κ1) is 27.1. The molecule has 0 saturated carbocycles. The fourth-order valence-corrected chi connectivity index (χ4v) is 4.67. The average Bonchev–Trinajstić information content (AvgIpc) is 2.73. The van der Waals surface area contributed by atoms with Gasteiger partial charge in [-0.25, -0.2) is 0 Å². The Labute approximate surface area is 191 Å². The first-order valence-corrected chi connectivity index (χ1v) is 13.6. The van der Waals surface area contributed by atoms with E-state index >= 15 is 0 Å². The predicted octanol–water partition coefficient (Wildman–Crippen LogP) is 9.83. The van der Waals surface area contributed by atoms with Gasteiger partial charge in [0.25, 0.3) is 5.24 Å². The molecule has 0 saturated heterocycles. The average molecular weight is 434 g/mol. The summed E-state index contributed by atoms with van der Waals surface area (Å²) in [6.45, 7) is 6.38. The summed E-state index contributed by atoms with van der Waals surface area (Å²) >= 11 is 1.43. The molecule has 1 aromatic rings. The molecule has 0 spiro atoms. The van der Waals surface area contributed by atoms with Crippen LogP contribution in [0.15, 0.2) is 18.2 Å². The molecule has 0 aromatic heterocycles. The standard InChI is InChI=1S/C27H47NOS/c1-4-5-6-7-8-9-10-11-12-13-14-15-16-17-18-19-23-30-27(29)28-26-24(2)21-20-22-25(26)3/h20-22H,4-19,23H2,1-3H3,(H,28,29). The zero-order valence-electron chi connectivity index (χ0n) is 20.1. The van der Waals surface area contributed by atoms with Crippen LogP contribution >= 0.6 is 11.8 Å². The molecule has 30 heavy (non-hydrogen) atoms. The summed E-state index contributed by atoms with van der Waals surface area (Å²) in [5.41, 5.74) is 3.24. The third kappa shape index (κ3) is 14.1. The van der Waals surface area contributed by atoms with Gasteiger partial charge in [0.1, 0.15) is 0 Å². The molecule has 0 aliphatic carbocycles. The number of carbonyl (C=O) groups excluding carboxylic acids is 1. The fourth-order valence-electron chi connectivity index (χ4n) is 3.96. The molecule has 2 nitrogen and oxygen atoms in total. The number of unbranched alkanes of at least 4 members (excludes halogenated alkanes) is 15. The van der Waals surface area contributed by atoms with Crippen molar-refractivity contribution in [1.82, 2.24) is 0 Å². The van der Waals surface area contributed by atoms with Crippen molar-refractivity contribution in [3.63, 3.8) is 0 Å². The molecule has 1 aromatic carbocycles. The van der Waals surface area contributed by atoms with Crippen LogP contribution in [-0.4, -0.2) is 11.0 Å². The van der Waals surface area contributed by atoms with Gasteiger partial charge >= 0.3 is 0 Å². The van der Waals surface area contributed by atoms with E-state index in [-0.39, 0.29) is 5.24 Å². The van der Waals surface area contributed by atoms with Gasteiger partial charge in [0.15, 0.2) is 0 Å². The molecule has 1 rings (SSSR count). The predicted molar refractivity (Wildman–Crippen MR) is 137 cm³/mol. The quantitative estimate of drug-likeness (QED) is 0.233. The van der Waals surface area contributed by atoms with Gasteiger partial charge in [-0.1, -0.05) is 133 Å². The van der Waals surface area contributed by atoms with E-state index in [4.69, 9.17) is 0 Å². The molecule has 172 valence electrons. The fraction of sp³-hybridized carbons (Fsp3) is 0.741. The molecule has 0 radical (unpaired) electrons. The molecule has 1 amide bonds. The van der Waals surface area contributed by atoms with Crippen molar-refractivity contribution in [2.75, 3.05) is 11.1 Å². The summed E-state index contributed by atoms with van der Waals surface area (Å²) in [6.07, 6.45) is 22.2. The molecule has 3 heteroatoms. The SMILES string of the molecule is CCCCCCCCCCCCCCCCCCSC(=O)Nc1c(C)cccc1C. The van der Waals surface area contributed by atoms with Crippen LogP contribution in [0.1, 0.15) is 121 Å². The topological polar surface area (TPSA) is 29.1 Å². The highest BCUT2D eigenvalue weighted by Crippen LogP contribution is 2.22. The molecular weight excluding hydrogens is 386 g/mol. The summed E-state index contributed by atoms with van der Waals surface area (Å²) < 4.78 is 0. The van der Waals surface area contributed by atoms with E-state index in [0.29, 0.717) is 0 Å². The molecular formula is C27H47NOS. The molecule has 0 aliphatic rings. The summed E-state index contributed by atoms with van der Waals surface area (Å²) in [6, 6.07) is 6.12. The van der Waals surface area contributed by atoms with Gasteiger partial charge in [0.2, 0.25) is 0 Å². The number of anilines is 1. The van der Waals surface area contributed by atoms with E-state index in [1.54, 1.807) is 0 Å². The number of aryl methyl sites for hydroxylation is 2. The Morgan fingerprint density at radius 2 is 1.10 bits per heavy atom. The lowest BCUT2D eigenvalue weighted by molar-refractivity contribution is 0.269. The molecule has 0 bridgehead atoms. The third-order valence-corrected chi connectivity index (χ3v) is 6.80. The minimum Gasteiger partial charge on any atom is -0.316 e. The molecule has 0 fully saturated rings. The van der Waals surface area contributed by atoms with E-state index in [9.17, 15) is 4.79 Å². The lowest BCUT2D eigenvalue weighted by Gasteiger charge is -2.10. The van der Waals surface area contributed by atoms with E-state index in [0.717, 1.165) is 29.0 Å². The van der Waals surface area contributed by atoms with E-state index in [1.807, 2.05) is 32.0 Å². The number of nitrogens with one attached hydrogen (secondary N) is 1. The van der Waals surface area contributed by atoms with Gasteiger partial charge in [0, 0.05) is 11.4 Å². The summed E-state index contributed by atoms with van der Waals surface area (Å²) in [5, 5.41) is 3.13. The van der Waals surface area contributed by atoms with Crippen LogP contribution in [0.25, 0.3) is 0 Å². The second-order valence-electron chi connectivity index (χ2n) is 8.83. The van der Waals surface area contributed by atoms with Crippen molar-refractivity contribution >= 4 is 22.7 Å². The zero-order chi connectivity index (χ0) is 21.9. The Balaban J connectivity index is 1.84. The smallest absolute Gasteiger partial charge is 0.283 e. The maximum Gasteiger partial charge on any atom is 0.283 e. The van der Waals surface area contributed by atoms with Crippen LogP contribution in [0.3, 0.4) is 0 Å². The highest BCUT2D eigenvalue weighted by Gasteiger charge is 2.07. The first-order valence-electron chi connectivity index (χ1n) is 12.6. The number of para-hydroxylation sites is 1. The van der Waals surface area contributed by atoms with Crippen molar-refractivity contribution in [2.24, 2.45) is 0 Å². The minimum absolute atomic E-state index is 0.0772. The van der Waals surface area contributed by atoms with E-state index in [2.05, 4.69) is 12.2 Å². The highest BCUT2D eigenvalue weighted by molar-refractivity contribution is 8.13. The molecule has 0 heterocycles. The third-order valence-electron chi connectivity index (χ3n) is 5.94. The van der Waals surface area contributed by atoms with E-state index < -0.39 is 0 Å². The number of hydrogen-bond donors (Lipinski definition) is 1. The largest absolute Gasteiger partial charge is 0.316 e. The van der Waals surface area contributed by atoms with Gasteiger partial charge in [0.05, 0.1) is 0 Å². The maximum atomic E-state index is 12.1. The Morgan fingerprint density at radius 3 is 1.53 bits per heavy atom. The Hall–Kier alpha value is -0.960. The van der Waals surface area contributed by atoms with Crippen molar-refractivity contribution in [3.8, 4) is 0 Å². The molecule has 1 N–H and O–H groups in total. The van der Waals surface area contributed by atoms with Crippen LogP contribution in [0.4, 0.5) is 10.5 Å². The van der Waals surface area contributed by atoms with E-state index in [1.165, 1.54) is 108 Å². The molecule has 0 aliphatic heterocycles. The number of rotatable bonds is 18. The normalized spacial score (nSPS) is 11.0. The van der Waals surface area contributed by atoms with Crippen LogP contribution < -0.4 is 5.32 Å². The second kappa shape index (κ2) is 18.8. The Morgan fingerprint density at radius 1 is 0.700 bits per heavy atom. The van der Waals surface area contributed by atoms with Crippen LogP contribution in [0, 0.1) is 13.8 Å². The van der Waals surface area contributed by atoms with Crippen molar-refractivity contribution in [1.29, 1.82) is 0 Å². The van der Waals surface area contributed by atoms with Gasteiger partial charge in [-0.3, -0.25) is 4.79 Å². The summed E-state index contributed by atoms with van der Waals surface area (Å²) in [5.74, 6) is 0.926. The van der Waals surface area contributed by atoms with Gasteiger partial charge in [-0.15, -0.1) is 0 Å². The Kier molecular flexibility index (Phi) is 16.9.